The molecule has 0 aromatic rings. The third kappa shape index (κ3) is 3.94. The molecule has 0 radical (unpaired) electrons. The van der Waals surface area contributed by atoms with E-state index in [9.17, 15) is 0 Å². The Morgan fingerprint density at radius 1 is 0.962 bits per heavy atom. The standard InChI is InChI=1S/C21H23N3.C2H6/c1-16-10-9-15-20(22-16)24-19-14-8-7-13-18(19)23-21(24)17-11-5-3-2-4-6-12-17;1-2/h3-11,13-14,19-21H,2,12,15H2,1H3;1-2H3/b5-3-,6-4?,17-11+;. The van der Waals surface area contributed by atoms with E-state index in [4.69, 9.17) is 9.98 Å². The van der Waals surface area contributed by atoms with Gasteiger partial charge >= 0.3 is 0 Å². The van der Waals surface area contributed by atoms with Gasteiger partial charge in [-0.1, -0.05) is 68.5 Å². The van der Waals surface area contributed by atoms with Crippen molar-refractivity contribution in [2.24, 2.45) is 9.98 Å². The Balaban J connectivity index is 0.000000948. The van der Waals surface area contributed by atoms with Crippen LogP contribution in [0.1, 0.15) is 40.0 Å². The molecule has 0 N–H and O–H groups in total. The van der Waals surface area contributed by atoms with Gasteiger partial charge in [0.15, 0.2) is 0 Å². The van der Waals surface area contributed by atoms with Crippen molar-refractivity contribution in [3.05, 3.63) is 72.4 Å². The Morgan fingerprint density at radius 3 is 2.69 bits per heavy atom. The normalized spacial score (nSPS) is 33.0. The van der Waals surface area contributed by atoms with Crippen LogP contribution in [0.15, 0.2) is 82.4 Å². The van der Waals surface area contributed by atoms with Crippen molar-refractivity contribution in [3.8, 4) is 0 Å². The van der Waals surface area contributed by atoms with E-state index < -0.39 is 0 Å². The molecule has 3 unspecified atom stereocenters. The fourth-order valence-corrected chi connectivity index (χ4v) is 3.68. The highest BCUT2D eigenvalue weighted by Gasteiger charge is 2.40. The van der Waals surface area contributed by atoms with Crippen LogP contribution in [0.3, 0.4) is 0 Å². The molecule has 2 heterocycles. The first kappa shape index (κ1) is 18.5. The molecule has 0 aromatic carbocycles. The SMILES string of the molecule is CC.CC1=NC(N2C3C=CC=CC3=NC2/C2=C/C=C\CC=CC2)CC=C1. The molecule has 0 spiro atoms. The molecule has 2 aliphatic carbocycles. The third-order valence-electron chi connectivity index (χ3n) is 4.82. The summed E-state index contributed by atoms with van der Waals surface area (Å²) >= 11 is 0. The van der Waals surface area contributed by atoms with Gasteiger partial charge in [0.25, 0.3) is 0 Å². The number of allylic oxidation sites excluding steroid dienone is 8. The summed E-state index contributed by atoms with van der Waals surface area (Å²) in [6.07, 6.45) is 27.2. The summed E-state index contributed by atoms with van der Waals surface area (Å²) in [5.41, 5.74) is 3.59. The predicted molar refractivity (Wildman–Crippen MR) is 113 cm³/mol. The van der Waals surface area contributed by atoms with Gasteiger partial charge in [0.2, 0.25) is 0 Å². The molecule has 4 aliphatic rings. The van der Waals surface area contributed by atoms with Crippen molar-refractivity contribution in [3.63, 3.8) is 0 Å². The van der Waals surface area contributed by atoms with Gasteiger partial charge < -0.3 is 0 Å². The van der Waals surface area contributed by atoms with Gasteiger partial charge in [-0.05, 0) is 37.5 Å². The summed E-state index contributed by atoms with van der Waals surface area (Å²) in [5.74, 6) is 0. The summed E-state index contributed by atoms with van der Waals surface area (Å²) in [6.45, 7) is 6.08. The average Bonchev–Trinajstić information content (AvgIpc) is 3.02. The first-order chi connectivity index (χ1) is 12.8. The quantitative estimate of drug-likeness (QED) is 0.633. The van der Waals surface area contributed by atoms with Crippen LogP contribution in [0.25, 0.3) is 0 Å². The fourth-order valence-electron chi connectivity index (χ4n) is 3.68. The summed E-state index contributed by atoms with van der Waals surface area (Å²) in [6, 6.07) is 0.229. The van der Waals surface area contributed by atoms with Gasteiger partial charge in [-0.3, -0.25) is 9.98 Å². The lowest BCUT2D eigenvalue weighted by atomic mass is 10.0. The number of dihydropyridines is 1. The van der Waals surface area contributed by atoms with E-state index in [2.05, 4.69) is 78.7 Å². The summed E-state index contributed by atoms with van der Waals surface area (Å²) in [5, 5.41) is 0. The highest BCUT2D eigenvalue weighted by molar-refractivity contribution is 6.03. The first-order valence-corrected chi connectivity index (χ1v) is 9.74. The summed E-state index contributed by atoms with van der Waals surface area (Å²) in [7, 11) is 0. The van der Waals surface area contributed by atoms with Crippen molar-refractivity contribution in [1.29, 1.82) is 0 Å². The molecular weight excluding hydrogens is 318 g/mol. The molecule has 0 bridgehead atoms. The van der Waals surface area contributed by atoms with Crippen LogP contribution in [0.4, 0.5) is 0 Å². The Hall–Kier alpha value is -2.26. The van der Waals surface area contributed by atoms with Gasteiger partial charge in [-0.25, -0.2) is 4.90 Å². The Labute approximate surface area is 157 Å². The van der Waals surface area contributed by atoms with Gasteiger partial charge in [0.05, 0.1) is 11.8 Å². The van der Waals surface area contributed by atoms with E-state index in [1.807, 2.05) is 13.8 Å². The second-order valence-corrected chi connectivity index (χ2v) is 6.53. The monoisotopic (exact) mass is 347 g/mol. The first-order valence-electron chi connectivity index (χ1n) is 9.74. The molecule has 0 amide bonds. The van der Waals surface area contributed by atoms with Crippen molar-refractivity contribution < 1.29 is 0 Å². The molecule has 0 saturated heterocycles. The molecule has 4 rings (SSSR count). The minimum atomic E-state index is 0.0675. The molecule has 26 heavy (non-hydrogen) atoms. The smallest absolute Gasteiger partial charge is 0.127 e. The van der Waals surface area contributed by atoms with E-state index >= 15 is 0 Å². The Morgan fingerprint density at radius 2 is 1.85 bits per heavy atom. The minimum Gasteiger partial charge on any atom is -0.271 e. The maximum Gasteiger partial charge on any atom is 0.127 e. The zero-order chi connectivity index (χ0) is 18.4. The van der Waals surface area contributed by atoms with Crippen LogP contribution in [0.5, 0.6) is 0 Å². The van der Waals surface area contributed by atoms with Crippen LogP contribution in [0, 0.1) is 0 Å². The number of hydrogen-bond donors (Lipinski definition) is 0. The molecular formula is C23H29N3. The highest BCUT2D eigenvalue weighted by atomic mass is 15.4. The molecule has 3 nitrogen and oxygen atoms in total. The van der Waals surface area contributed by atoms with Crippen LogP contribution in [-0.2, 0) is 0 Å². The van der Waals surface area contributed by atoms with Gasteiger partial charge in [-0.2, -0.15) is 0 Å². The number of rotatable bonds is 2. The molecule has 2 aliphatic heterocycles. The van der Waals surface area contributed by atoms with Crippen LogP contribution < -0.4 is 0 Å². The summed E-state index contributed by atoms with van der Waals surface area (Å²) in [4.78, 5) is 12.4. The van der Waals surface area contributed by atoms with E-state index in [0.29, 0.717) is 0 Å². The van der Waals surface area contributed by atoms with Crippen LogP contribution in [-0.4, -0.2) is 34.7 Å². The van der Waals surface area contributed by atoms with Gasteiger partial charge in [0.1, 0.15) is 12.3 Å². The number of nitrogens with zero attached hydrogens (tertiary/aromatic N) is 3. The van der Waals surface area contributed by atoms with Crippen molar-refractivity contribution >= 4 is 11.4 Å². The maximum atomic E-state index is 5.06. The number of aliphatic imine (C=N–C) groups is 2. The minimum absolute atomic E-state index is 0.0675. The highest BCUT2D eigenvalue weighted by Crippen LogP contribution is 2.33. The molecule has 3 heteroatoms. The molecule has 3 atom stereocenters. The lowest BCUT2D eigenvalue weighted by molar-refractivity contribution is 0.173. The van der Waals surface area contributed by atoms with Crippen LogP contribution in [0.2, 0.25) is 0 Å². The van der Waals surface area contributed by atoms with Crippen molar-refractivity contribution in [2.45, 2.75) is 58.4 Å². The van der Waals surface area contributed by atoms with E-state index in [1.54, 1.807) is 0 Å². The Bertz CT molecular complexity index is 743. The van der Waals surface area contributed by atoms with Crippen molar-refractivity contribution in [2.75, 3.05) is 0 Å². The maximum absolute atomic E-state index is 5.06. The fraction of sp³-hybridized carbons (Fsp3) is 0.391. The molecule has 0 saturated carbocycles. The second-order valence-electron chi connectivity index (χ2n) is 6.53. The van der Waals surface area contributed by atoms with Gasteiger partial charge in [-0.15, -0.1) is 0 Å². The Kier molecular flexibility index (Phi) is 6.35. The van der Waals surface area contributed by atoms with Gasteiger partial charge in [0, 0.05) is 12.1 Å². The lowest BCUT2D eigenvalue weighted by Gasteiger charge is -2.35. The van der Waals surface area contributed by atoms with E-state index in [-0.39, 0.29) is 18.4 Å². The van der Waals surface area contributed by atoms with Crippen LogP contribution >= 0.6 is 0 Å². The van der Waals surface area contributed by atoms with E-state index in [1.165, 1.54) is 5.57 Å². The second kappa shape index (κ2) is 8.91. The largest absolute Gasteiger partial charge is 0.271 e. The third-order valence-corrected chi connectivity index (χ3v) is 4.82. The zero-order valence-corrected chi connectivity index (χ0v) is 16.0. The number of fused-ring (bicyclic) bond motifs is 1. The molecule has 136 valence electrons. The zero-order valence-electron chi connectivity index (χ0n) is 16.0. The summed E-state index contributed by atoms with van der Waals surface area (Å²) < 4.78 is 0. The molecule has 0 aromatic heterocycles. The predicted octanol–water partition coefficient (Wildman–Crippen LogP) is 5.17. The van der Waals surface area contributed by atoms with E-state index in [0.717, 1.165) is 30.7 Å². The average molecular weight is 348 g/mol. The lowest BCUT2D eigenvalue weighted by Crippen LogP contribution is -2.46. The number of hydrogen-bond acceptors (Lipinski definition) is 3. The molecule has 0 fully saturated rings. The topological polar surface area (TPSA) is 28.0 Å². The van der Waals surface area contributed by atoms with Crippen molar-refractivity contribution in [1.82, 2.24) is 4.90 Å².